The number of carbonyl (C=O) groups is 2. The standard InChI is InChI=1S/C9H16N2O4/c1-2-15-7(12)5-11-4-3-9(10,6-11)8(13)14/h2-6,10H2,1H3,(H,13,14). The Morgan fingerprint density at radius 3 is 2.73 bits per heavy atom. The van der Waals surface area contributed by atoms with Gasteiger partial charge in [0.1, 0.15) is 5.54 Å². The molecule has 1 atom stereocenters. The molecule has 3 N–H and O–H groups in total. The van der Waals surface area contributed by atoms with Crippen LogP contribution in [0.1, 0.15) is 13.3 Å². The van der Waals surface area contributed by atoms with Crippen LogP contribution in [0, 0.1) is 0 Å². The fourth-order valence-electron chi connectivity index (χ4n) is 1.61. The molecular weight excluding hydrogens is 200 g/mol. The normalized spacial score (nSPS) is 26.5. The molecule has 1 aliphatic heterocycles. The van der Waals surface area contributed by atoms with Gasteiger partial charge in [-0.3, -0.25) is 14.5 Å². The van der Waals surface area contributed by atoms with E-state index in [0.717, 1.165) is 0 Å². The Kier molecular flexibility index (Phi) is 3.65. The summed E-state index contributed by atoms with van der Waals surface area (Å²) in [7, 11) is 0. The zero-order valence-electron chi connectivity index (χ0n) is 8.73. The van der Waals surface area contributed by atoms with Gasteiger partial charge in [0.05, 0.1) is 13.2 Å². The maximum atomic E-state index is 11.1. The monoisotopic (exact) mass is 216 g/mol. The summed E-state index contributed by atoms with van der Waals surface area (Å²) in [5.74, 6) is -1.36. The van der Waals surface area contributed by atoms with E-state index in [4.69, 9.17) is 15.6 Å². The van der Waals surface area contributed by atoms with Gasteiger partial charge in [0, 0.05) is 13.1 Å². The van der Waals surface area contributed by atoms with Gasteiger partial charge >= 0.3 is 11.9 Å². The van der Waals surface area contributed by atoms with Crippen molar-refractivity contribution in [2.75, 3.05) is 26.2 Å². The first kappa shape index (κ1) is 11.9. The third-order valence-corrected chi connectivity index (χ3v) is 2.46. The fraction of sp³-hybridized carbons (Fsp3) is 0.778. The van der Waals surface area contributed by atoms with Crippen LogP contribution in [0.2, 0.25) is 0 Å². The summed E-state index contributed by atoms with van der Waals surface area (Å²) >= 11 is 0. The van der Waals surface area contributed by atoms with Gasteiger partial charge in [-0.15, -0.1) is 0 Å². The second kappa shape index (κ2) is 4.59. The fourth-order valence-corrected chi connectivity index (χ4v) is 1.61. The summed E-state index contributed by atoms with van der Waals surface area (Å²) in [6.07, 6.45) is 0.363. The van der Waals surface area contributed by atoms with Crippen LogP contribution in [-0.4, -0.2) is 53.7 Å². The van der Waals surface area contributed by atoms with Gasteiger partial charge in [0.25, 0.3) is 0 Å². The van der Waals surface area contributed by atoms with Crippen LogP contribution in [0.4, 0.5) is 0 Å². The highest BCUT2D eigenvalue weighted by molar-refractivity contribution is 5.79. The number of carboxylic acids is 1. The van der Waals surface area contributed by atoms with Gasteiger partial charge in [-0.25, -0.2) is 0 Å². The molecule has 15 heavy (non-hydrogen) atoms. The first-order valence-electron chi connectivity index (χ1n) is 4.88. The Hall–Kier alpha value is -1.14. The van der Waals surface area contributed by atoms with Gasteiger partial charge in [-0.1, -0.05) is 0 Å². The van der Waals surface area contributed by atoms with Crippen molar-refractivity contribution < 1.29 is 19.4 Å². The van der Waals surface area contributed by atoms with Crippen LogP contribution >= 0.6 is 0 Å². The largest absolute Gasteiger partial charge is 0.480 e. The first-order valence-corrected chi connectivity index (χ1v) is 4.88. The highest BCUT2D eigenvalue weighted by Gasteiger charge is 2.41. The molecule has 1 heterocycles. The lowest BCUT2D eigenvalue weighted by atomic mass is 10.0. The number of likely N-dealkylation sites (tertiary alicyclic amines) is 1. The molecule has 0 radical (unpaired) electrons. The Balaban J connectivity index is 2.43. The second-order valence-electron chi connectivity index (χ2n) is 3.73. The van der Waals surface area contributed by atoms with E-state index in [1.807, 2.05) is 0 Å². The van der Waals surface area contributed by atoms with Crippen molar-refractivity contribution in [1.82, 2.24) is 4.90 Å². The second-order valence-corrected chi connectivity index (χ2v) is 3.73. The Bertz CT molecular complexity index is 269. The maximum absolute atomic E-state index is 11.1. The van der Waals surface area contributed by atoms with E-state index in [-0.39, 0.29) is 19.1 Å². The summed E-state index contributed by atoms with van der Waals surface area (Å²) in [4.78, 5) is 23.6. The third-order valence-electron chi connectivity index (χ3n) is 2.46. The number of carboxylic acid groups (broad SMARTS) is 1. The van der Waals surface area contributed by atoms with E-state index in [2.05, 4.69) is 0 Å². The number of nitrogens with zero attached hydrogens (tertiary/aromatic N) is 1. The number of nitrogens with two attached hydrogens (primary N) is 1. The number of aliphatic carboxylic acids is 1. The summed E-state index contributed by atoms with van der Waals surface area (Å²) in [5.41, 5.74) is 4.43. The Labute approximate surface area is 88.0 Å². The van der Waals surface area contributed by atoms with Crippen molar-refractivity contribution in [1.29, 1.82) is 0 Å². The molecule has 1 unspecified atom stereocenters. The van der Waals surface area contributed by atoms with Gasteiger partial charge in [0.15, 0.2) is 0 Å². The molecule has 0 aliphatic carbocycles. The molecule has 1 saturated heterocycles. The minimum Gasteiger partial charge on any atom is -0.480 e. The predicted molar refractivity (Wildman–Crippen MR) is 52.2 cm³/mol. The smallest absolute Gasteiger partial charge is 0.325 e. The minimum absolute atomic E-state index is 0.111. The molecule has 0 aromatic rings. The number of esters is 1. The van der Waals surface area contributed by atoms with Crippen molar-refractivity contribution in [3.8, 4) is 0 Å². The Morgan fingerprint density at radius 2 is 2.27 bits per heavy atom. The zero-order chi connectivity index (χ0) is 11.5. The van der Waals surface area contributed by atoms with Crippen LogP contribution in [-0.2, 0) is 14.3 Å². The SMILES string of the molecule is CCOC(=O)CN1CCC(N)(C(=O)O)C1. The van der Waals surface area contributed by atoms with Gasteiger partial charge in [-0.2, -0.15) is 0 Å². The molecule has 0 bridgehead atoms. The van der Waals surface area contributed by atoms with E-state index in [1.54, 1.807) is 11.8 Å². The molecule has 1 fully saturated rings. The summed E-state index contributed by atoms with van der Waals surface area (Å²) in [6, 6.07) is 0. The number of rotatable bonds is 4. The zero-order valence-corrected chi connectivity index (χ0v) is 8.73. The highest BCUT2D eigenvalue weighted by Crippen LogP contribution is 2.18. The highest BCUT2D eigenvalue weighted by atomic mass is 16.5. The summed E-state index contributed by atoms with van der Waals surface area (Å²) in [6.45, 7) is 2.88. The van der Waals surface area contributed by atoms with Crippen molar-refractivity contribution in [2.45, 2.75) is 18.9 Å². The van der Waals surface area contributed by atoms with Crippen molar-refractivity contribution in [3.63, 3.8) is 0 Å². The topological polar surface area (TPSA) is 92.9 Å². The van der Waals surface area contributed by atoms with E-state index in [9.17, 15) is 9.59 Å². The molecule has 6 nitrogen and oxygen atoms in total. The quantitative estimate of drug-likeness (QED) is 0.588. The molecule has 1 rings (SSSR count). The maximum Gasteiger partial charge on any atom is 0.325 e. The van der Waals surface area contributed by atoms with Crippen molar-refractivity contribution in [3.05, 3.63) is 0 Å². The van der Waals surface area contributed by atoms with Crippen molar-refractivity contribution in [2.24, 2.45) is 5.73 Å². The van der Waals surface area contributed by atoms with Crippen LogP contribution in [0.15, 0.2) is 0 Å². The molecule has 0 amide bonds. The first-order chi connectivity index (χ1) is 6.98. The molecule has 1 aliphatic rings. The van der Waals surface area contributed by atoms with Gasteiger partial charge in [0.2, 0.25) is 0 Å². The van der Waals surface area contributed by atoms with E-state index >= 15 is 0 Å². The van der Waals surface area contributed by atoms with Gasteiger partial charge < -0.3 is 15.6 Å². The van der Waals surface area contributed by atoms with Crippen LogP contribution < -0.4 is 5.73 Å². The van der Waals surface area contributed by atoms with Crippen LogP contribution in [0.3, 0.4) is 0 Å². The lowest BCUT2D eigenvalue weighted by Crippen LogP contribution is -2.50. The molecule has 0 aromatic carbocycles. The van der Waals surface area contributed by atoms with E-state index < -0.39 is 11.5 Å². The summed E-state index contributed by atoms with van der Waals surface area (Å²) < 4.78 is 4.76. The lowest BCUT2D eigenvalue weighted by Gasteiger charge is -2.19. The number of hydrogen-bond donors (Lipinski definition) is 2. The van der Waals surface area contributed by atoms with E-state index in [0.29, 0.717) is 19.6 Å². The minimum atomic E-state index is -1.22. The predicted octanol–water partition coefficient (Wildman–Crippen LogP) is -0.963. The van der Waals surface area contributed by atoms with E-state index in [1.165, 1.54) is 0 Å². The van der Waals surface area contributed by atoms with Crippen LogP contribution in [0.25, 0.3) is 0 Å². The number of carbonyl (C=O) groups excluding carboxylic acids is 1. The van der Waals surface area contributed by atoms with Crippen molar-refractivity contribution >= 4 is 11.9 Å². The van der Waals surface area contributed by atoms with Crippen LogP contribution in [0.5, 0.6) is 0 Å². The average molecular weight is 216 g/mol. The molecule has 0 saturated carbocycles. The average Bonchev–Trinajstić information content (AvgIpc) is 2.49. The molecule has 0 aromatic heterocycles. The number of hydrogen-bond acceptors (Lipinski definition) is 5. The molecular formula is C9H16N2O4. The number of ether oxygens (including phenoxy) is 1. The van der Waals surface area contributed by atoms with Gasteiger partial charge in [-0.05, 0) is 13.3 Å². The molecule has 6 heteroatoms. The summed E-state index contributed by atoms with van der Waals surface area (Å²) in [5, 5.41) is 8.86. The molecule has 0 spiro atoms. The molecule has 86 valence electrons. The Morgan fingerprint density at radius 1 is 1.60 bits per heavy atom. The third kappa shape index (κ3) is 2.90. The lowest BCUT2D eigenvalue weighted by molar-refractivity contribution is -0.146.